The highest BCUT2D eigenvalue weighted by Gasteiger charge is 2.42. The molecule has 1 aliphatic rings. The third kappa shape index (κ3) is 4.05. The summed E-state index contributed by atoms with van der Waals surface area (Å²) in [5.41, 5.74) is -0.395. The Morgan fingerprint density at radius 1 is 1.27 bits per heavy atom. The number of benzene rings is 1. The molecule has 0 bridgehead atoms. The molecular weight excluding hydrogens is 358 g/mol. The number of urea groups is 1. The van der Waals surface area contributed by atoms with Crippen LogP contribution in [0.1, 0.15) is 13.3 Å². The number of carboxylic acid groups (broad SMARTS) is 1. The van der Waals surface area contributed by atoms with E-state index in [1.807, 2.05) is 0 Å². The summed E-state index contributed by atoms with van der Waals surface area (Å²) in [6.07, 6.45) is 1.91. The van der Waals surface area contributed by atoms with Gasteiger partial charge in [0.1, 0.15) is 5.75 Å². The molecule has 2 aromatic rings. The minimum Gasteiger partial charge on any atom is -0.481 e. The number of carbonyl (C=O) groups excluding carboxylic acids is 1. The largest absolute Gasteiger partial charge is 0.481 e. The molecule has 1 aliphatic heterocycles. The molecule has 0 radical (unpaired) electrons. The summed E-state index contributed by atoms with van der Waals surface area (Å²) in [7, 11) is 0. The molecule has 1 fully saturated rings. The van der Waals surface area contributed by atoms with Gasteiger partial charge in [-0.2, -0.15) is 0 Å². The molecule has 0 aliphatic carbocycles. The molecule has 3 rings (SSSR count). The highest BCUT2D eigenvalue weighted by molar-refractivity contribution is 6.30. The van der Waals surface area contributed by atoms with Gasteiger partial charge in [0.25, 0.3) is 0 Å². The Morgan fingerprint density at radius 2 is 2.00 bits per heavy atom. The first-order chi connectivity index (χ1) is 12.4. The minimum absolute atomic E-state index is 0.180. The van der Waals surface area contributed by atoms with Crippen molar-refractivity contribution in [1.29, 1.82) is 0 Å². The van der Waals surface area contributed by atoms with E-state index in [1.54, 1.807) is 43.3 Å². The number of hydrogen-bond donors (Lipinski definition) is 2. The van der Waals surface area contributed by atoms with Gasteiger partial charge in [-0.3, -0.25) is 4.79 Å². The predicted octanol–water partition coefficient (Wildman–Crippen LogP) is 3.86. The molecule has 1 atom stereocenters. The SMILES string of the molecule is CC1(C(=O)O)CCN(C(=O)Nc2ccc(Oc3ccc(Cl)cc3)nc2)C1. The lowest BCUT2D eigenvalue weighted by Gasteiger charge is -2.20. The number of nitrogens with zero attached hydrogens (tertiary/aromatic N) is 2. The summed E-state index contributed by atoms with van der Waals surface area (Å²) >= 11 is 5.82. The smallest absolute Gasteiger partial charge is 0.321 e. The molecule has 0 spiro atoms. The number of aliphatic carboxylic acids is 1. The van der Waals surface area contributed by atoms with Crippen molar-refractivity contribution in [2.45, 2.75) is 13.3 Å². The number of likely N-dealkylation sites (tertiary alicyclic amines) is 1. The van der Waals surface area contributed by atoms with Crippen LogP contribution in [-0.2, 0) is 4.79 Å². The first-order valence-electron chi connectivity index (χ1n) is 8.04. The lowest BCUT2D eigenvalue weighted by Crippen LogP contribution is -2.37. The second-order valence-corrected chi connectivity index (χ2v) is 6.85. The van der Waals surface area contributed by atoms with Gasteiger partial charge in [-0.05, 0) is 43.7 Å². The molecule has 8 heteroatoms. The number of halogens is 1. The van der Waals surface area contributed by atoms with E-state index in [2.05, 4.69) is 10.3 Å². The van der Waals surface area contributed by atoms with Crippen LogP contribution in [0.15, 0.2) is 42.6 Å². The Hall–Kier alpha value is -2.80. The zero-order valence-corrected chi connectivity index (χ0v) is 14.9. The number of carboxylic acids is 1. The van der Waals surface area contributed by atoms with E-state index in [9.17, 15) is 14.7 Å². The second kappa shape index (κ2) is 7.21. The van der Waals surface area contributed by atoms with E-state index in [-0.39, 0.29) is 12.6 Å². The molecule has 26 heavy (non-hydrogen) atoms. The number of amides is 2. The van der Waals surface area contributed by atoms with Crippen LogP contribution in [-0.4, -0.2) is 40.1 Å². The molecule has 136 valence electrons. The van der Waals surface area contributed by atoms with E-state index in [0.29, 0.717) is 35.3 Å². The average molecular weight is 376 g/mol. The number of nitrogens with one attached hydrogen (secondary N) is 1. The Kier molecular flexibility index (Phi) is 4.99. The van der Waals surface area contributed by atoms with E-state index >= 15 is 0 Å². The summed E-state index contributed by atoms with van der Waals surface area (Å²) in [5.74, 6) is 0.0897. The van der Waals surface area contributed by atoms with Gasteiger partial charge in [-0.1, -0.05) is 11.6 Å². The second-order valence-electron chi connectivity index (χ2n) is 6.41. The Balaban J connectivity index is 1.58. The number of anilines is 1. The highest BCUT2D eigenvalue weighted by Crippen LogP contribution is 2.30. The van der Waals surface area contributed by atoms with Crippen LogP contribution < -0.4 is 10.1 Å². The van der Waals surface area contributed by atoms with Crippen LogP contribution in [0, 0.1) is 5.41 Å². The third-order valence-corrected chi connectivity index (χ3v) is 4.55. The topological polar surface area (TPSA) is 91.8 Å². The number of aromatic nitrogens is 1. The van der Waals surface area contributed by atoms with Crippen molar-refractivity contribution in [1.82, 2.24) is 9.88 Å². The standard InChI is InChI=1S/C18H18ClN3O4/c1-18(16(23)24)8-9-22(11-18)17(25)21-13-4-7-15(20-10-13)26-14-5-2-12(19)3-6-14/h2-7,10H,8-9,11H2,1H3,(H,21,25)(H,23,24). The highest BCUT2D eigenvalue weighted by atomic mass is 35.5. The number of carbonyl (C=O) groups is 2. The first-order valence-corrected chi connectivity index (χ1v) is 8.42. The third-order valence-electron chi connectivity index (χ3n) is 4.30. The molecule has 2 heterocycles. The van der Waals surface area contributed by atoms with Crippen molar-refractivity contribution in [2.75, 3.05) is 18.4 Å². The van der Waals surface area contributed by atoms with Crippen LogP contribution in [0.5, 0.6) is 11.6 Å². The lowest BCUT2D eigenvalue weighted by atomic mass is 9.90. The molecular formula is C18H18ClN3O4. The summed E-state index contributed by atoms with van der Waals surface area (Å²) in [4.78, 5) is 29.2. The van der Waals surface area contributed by atoms with Crippen molar-refractivity contribution >= 4 is 29.3 Å². The van der Waals surface area contributed by atoms with Gasteiger partial charge in [0.15, 0.2) is 0 Å². The predicted molar refractivity (Wildman–Crippen MR) is 96.7 cm³/mol. The fourth-order valence-corrected chi connectivity index (χ4v) is 2.78. The van der Waals surface area contributed by atoms with Crippen molar-refractivity contribution in [3.8, 4) is 11.6 Å². The molecule has 7 nitrogen and oxygen atoms in total. The zero-order valence-electron chi connectivity index (χ0n) is 14.1. The van der Waals surface area contributed by atoms with Gasteiger partial charge in [-0.25, -0.2) is 9.78 Å². The normalized spacial score (nSPS) is 19.2. The number of rotatable bonds is 4. The number of hydrogen-bond acceptors (Lipinski definition) is 4. The zero-order chi connectivity index (χ0) is 18.7. The molecule has 1 aromatic heterocycles. The van der Waals surface area contributed by atoms with Crippen molar-refractivity contribution < 1.29 is 19.4 Å². The molecule has 1 saturated heterocycles. The molecule has 1 unspecified atom stereocenters. The fourth-order valence-electron chi connectivity index (χ4n) is 2.65. The van der Waals surface area contributed by atoms with Crippen LogP contribution in [0.25, 0.3) is 0 Å². The first kappa shape index (κ1) is 18.0. The van der Waals surface area contributed by atoms with E-state index in [1.165, 1.54) is 11.1 Å². The van der Waals surface area contributed by atoms with Crippen LogP contribution in [0.2, 0.25) is 5.02 Å². The lowest BCUT2D eigenvalue weighted by molar-refractivity contribution is -0.146. The maximum absolute atomic E-state index is 12.3. The average Bonchev–Trinajstić information content (AvgIpc) is 3.03. The van der Waals surface area contributed by atoms with Gasteiger partial charge in [-0.15, -0.1) is 0 Å². The maximum Gasteiger partial charge on any atom is 0.321 e. The van der Waals surface area contributed by atoms with Crippen molar-refractivity contribution in [3.05, 3.63) is 47.6 Å². The van der Waals surface area contributed by atoms with Crippen LogP contribution in [0.4, 0.5) is 10.5 Å². The van der Waals surface area contributed by atoms with Crippen LogP contribution >= 0.6 is 11.6 Å². The van der Waals surface area contributed by atoms with Gasteiger partial charge in [0.05, 0.1) is 17.3 Å². The Bertz CT molecular complexity index is 810. The number of ether oxygens (including phenoxy) is 1. The minimum atomic E-state index is -0.897. The summed E-state index contributed by atoms with van der Waals surface area (Å²) in [6, 6.07) is 9.85. The van der Waals surface area contributed by atoms with E-state index in [0.717, 1.165) is 0 Å². The van der Waals surface area contributed by atoms with Crippen molar-refractivity contribution in [2.24, 2.45) is 5.41 Å². The molecule has 2 amide bonds. The Labute approximate surface area is 155 Å². The fraction of sp³-hybridized carbons (Fsp3) is 0.278. The summed E-state index contributed by atoms with van der Waals surface area (Å²) in [6.45, 7) is 2.23. The van der Waals surface area contributed by atoms with Crippen LogP contribution in [0.3, 0.4) is 0 Å². The van der Waals surface area contributed by atoms with E-state index < -0.39 is 11.4 Å². The van der Waals surface area contributed by atoms with Gasteiger partial charge in [0.2, 0.25) is 5.88 Å². The quantitative estimate of drug-likeness (QED) is 0.846. The summed E-state index contributed by atoms with van der Waals surface area (Å²) in [5, 5.41) is 12.6. The molecule has 1 aromatic carbocycles. The van der Waals surface area contributed by atoms with E-state index in [4.69, 9.17) is 16.3 Å². The molecule has 0 saturated carbocycles. The van der Waals surface area contributed by atoms with Crippen molar-refractivity contribution in [3.63, 3.8) is 0 Å². The van der Waals surface area contributed by atoms with Gasteiger partial charge >= 0.3 is 12.0 Å². The van der Waals surface area contributed by atoms with Gasteiger partial charge in [0, 0.05) is 24.2 Å². The summed E-state index contributed by atoms with van der Waals surface area (Å²) < 4.78 is 5.59. The molecule has 2 N–H and O–H groups in total. The monoisotopic (exact) mass is 375 g/mol. The Morgan fingerprint density at radius 3 is 2.58 bits per heavy atom. The van der Waals surface area contributed by atoms with Gasteiger partial charge < -0.3 is 20.1 Å². The maximum atomic E-state index is 12.3. The number of pyridine rings is 1.